The van der Waals surface area contributed by atoms with Crippen molar-refractivity contribution in [3.63, 3.8) is 0 Å². The summed E-state index contributed by atoms with van der Waals surface area (Å²) >= 11 is 0. The standard InChI is InChI=1S/C16H10F5N3O2/c1-6(7-2-3-9-8(4-7)22-10(25)5-26-9)23-24-16-14(20)12(18)11(17)13(19)15(16)21/h2-4,24H,5H2,1H3,(H,22,25)/b23-6-. The average Bonchev–Trinajstić information content (AvgIpc) is 2.64. The highest BCUT2D eigenvalue weighted by molar-refractivity contribution is 6.02. The number of hydrazone groups is 1. The zero-order valence-electron chi connectivity index (χ0n) is 13.1. The van der Waals surface area contributed by atoms with E-state index in [4.69, 9.17) is 4.74 Å². The number of hydrogen-bond donors (Lipinski definition) is 2. The molecule has 0 bridgehead atoms. The fourth-order valence-corrected chi connectivity index (χ4v) is 2.22. The summed E-state index contributed by atoms with van der Waals surface area (Å²) < 4.78 is 71.8. The van der Waals surface area contributed by atoms with Gasteiger partial charge in [0.05, 0.1) is 11.4 Å². The van der Waals surface area contributed by atoms with Gasteiger partial charge < -0.3 is 10.1 Å². The van der Waals surface area contributed by atoms with E-state index in [0.29, 0.717) is 17.0 Å². The van der Waals surface area contributed by atoms with Gasteiger partial charge in [0.1, 0.15) is 11.4 Å². The third-order valence-electron chi connectivity index (χ3n) is 3.58. The molecule has 1 aliphatic heterocycles. The maximum Gasteiger partial charge on any atom is 0.262 e. The van der Waals surface area contributed by atoms with Crippen LogP contribution in [-0.2, 0) is 4.79 Å². The summed E-state index contributed by atoms with van der Waals surface area (Å²) in [6.45, 7) is 1.31. The molecular weight excluding hydrogens is 361 g/mol. The molecule has 0 aromatic heterocycles. The molecule has 0 atom stereocenters. The Morgan fingerprint density at radius 2 is 1.69 bits per heavy atom. The molecular formula is C16H10F5N3O2. The molecule has 2 aromatic rings. The zero-order chi connectivity index (χ0) is 19.0. The van der Waals surface area contributed by atoms with Crippen molar-refractivity contribution in [1.29, 1.82) is 0 Å². The minimum Gasteiger partial charge on any atom is -0.482 e. The van der Waals surface area contributed by atoms with Crippen LogP contribution >= 0.6 is 0 Å². The van der Waals surface area contributed by atoms with Crippen LogP contribution < -0.4 is 15.5 Å². The van der Waals surface area contributed by atoms with Gasteiger partial charge in [0, 0.05) is 0 Å². The van der Waals surface area contributed by atoms with Crippen molar-refractivity contribution >= 4 is 23.0 Å². The fourth-order valence-electron chi connectivity index (χ4n) is 2.22. The Hall–Kier alpha value is -3.17. The Morgan fingerprint density at radius 3 is 2.35 bits per heavy atom. The van der Waals surface area contributed by atoms with E-state index < -0.39 is 34.8 Å². The van der Waals surface area contributed by atoms with Crippen LogP contribution in [0.4, 0.5) is 33.3 Å². The third kappa shape index (κ3) is 3.05. The first-order valence-electron chi connectivity index (χ1n) is 7.18. The monoisotopic (exact) mass is 371 g/mol. The fraction of sp³-hybridized carbons (Fsp3) is 0.125. The van der Waals surface area contributed by atoms with Gasteiger partial charge >= 0.3 is 0 Å². The summed E-state index contributed by atoms with van der Waals surface area (Å²) in [6, 6.07) is 4.59. The number of rotatable bonds is 3. The van der Waals surface area contributed by atoms with Crippen molar-refractivity contribution in [3.8, 4) is 5.75 Å². The number of anilines is 2. The van der Waals surface area contributed by atoms with Crippen molar-refractivity contribution in [1.82, 2.24) is 0 Å². The minimum absolute atomic E-state index is 0.124. The molecule has 136 valence electrons. The summed E-state index contributed by atoms with van der Waals surface area (Å²) in [5.41, 5.74) is 1.53. The zero-order valence-corrected chi connectivity index (χ0v) is 13.1. The molecule has 0 unspecified atom stereocenters. The van der Waals surface area contributed by atoms with Crippen molar-refractivity contribution in [2.75, 3.05) is 17.3 Å². The summed E-state index contributed by atoms with van der Waals surface area (Å²) in [4.78, 5) is 11.3. The Kier molecular flexibility index (Phi) is 4.49. The Morgan fingerprint density at radius 1 is 1.08 bits per heavy atom. The van der Waals surface area contributed by atoms with E-state index in [1.165, 1.54) is 13.0 Å². The first-order chi connectivity index (χ1) is 12.3. The normalized spacial score (nSPS) is 13.8. The molecule has 0 spiro atoms. The Labute approximate surface area is 143 Å². The van der Waals surface area contributed by atoms with Crippen molar-refractivity contribution in [3.05, 3.63) is 52.8 Å². The molecule has 0 saturated heterocycles. The molecule has 2 N–H and O–H groups in total. The number of nitrogens with one attached hydrogen (secondary N) is 2. The first-order valence-corrected chi connectivity index (χ1v) is 7.18. The van der Waals surface area contributed by atoms with Crippen LogP contribution in [-0.4, -0.2) is 18.2 Å². The molecule has 10 heteroatoms. The van der Waals surface area contributed by atoms with Gasteiger partial charge in [-0.25, -0.2) is 22.0 Å². The lowest BCUT2D eigenvalue weighted by atomic mass is 10.1. The van der Waals surface area contributed by atoms with Crippen molar-refractivity contribution in [2.45, 2.75) is 6.92 Å². The highest BCUT2D eigenvalue weighted by Gasteiger charge is 2.25. The third-order valence-corrected chi connectivity index (χ3v) is 3.58. The lowest BCUT2D eigenvalue weighted by Gasteiger charge is -2.18. The molecule has 2 aromatic carbocycles. The van der Waals surface area contributed by atoms with Gasteiger partial charge in [0.15, 0.2) is 29.9 Å². The van der Waals surface area contributed by atoms with E-state index in [2.05, 4.69) is 10.4 Å². The SMILES string of the molecule is C/C(=N/Nc1c(F)c(F)c(F)c(F)c1F)c1ccc2c(c1)NC(=O)CO2. The number of fused-ring (bicyclic) bond motifs is 1. The maximum absolute atomic E-state index is 13.6. The number of benzene rings is 2. The number of halogens is 5. The van der Waals surface area contributed by atoms with Gasteiger partial charge in [-0.2, -0.15) is 5.10 Å². The van der Waals surface area contributed by atoms with E-state index in [9.17, 15) is 26.7 Å². The first kappa shape index (κ1) is 17.6. The molecule has 0 aliphatic carbocycles. The van der Waals surface area contributed by atoms with E-state index in [-0.39, 0.29) is 18.2 Å². The number of amides is 1. The molecule has 0 fully saturated rings. The average molecular weight is 371 g/mol. The summed E-state index contributed by atoms with van der Waals surface area (Å²) in [7, 11) is 0. The van der Waals surface area contributed by atoms with Gasteiger partial charge in [-0.3, -0.25) is 10.2 Å². The van der Waals surface area contributed by atoms with E-state index in [0.717, 1.165) is 0 Å². The quantitative estimate of drug-likeness (QED) is 0.285. The van der Waals surface area contributed by atoms with E-state index >= 15 is 0 Å². The van der Waals surface area contributed by atoms with Crippen LogP contribution in [0, 0.1) is 29.1 Å². The summed E-state index contributed by atoms with van der Waals surface area (Å²) in [6.07, 6.45) is 0. The van der Waals surface area contributed by atoms with Crippen LogP contribution in [0.25, 0.3) is 0 Å². The molecule has 3 rings (SSSR count). The molecule has 26 heavy (non-hydrogen) atoms. The largest absolute Gasteiger partial charge is 0.482 e. The number of carbonyl (C=O) groups is 1. The second kappa shape index (κ2) is 6.62. The number of nitrogens with zero attached hydrogens (tertiary/aromatic N) is 1. The number of hydrogen-bond acceptors (Lipinski definition) is 4. The van der Waals surface area contributed by atoms with Crippen molar-refractivity contribution in [2.24, 2.45) is 5.10 Å². The van der Waals surface area contributed by atoms with Crippen LogP contribution in [0.5, 0.6) is 5.75 Å². The summed E-state index contributed by atoms with van der Waals surface area (Å²) in [5.74, 6) is -10.4. The van der Waals surface area contributed by atoms with Gasteiger partial charge in [0.2, 0.25) is 5.82 Å². The van der Waals surface area contributed by atoms with Crippen LogP contribution in [0.1, 0.15) is 12.5 Å². The molecule has 1 heterocycles. The van der Waals surface area contributed by atoms with Gasteiger partial charge in [-0.05, 0) is 30.7 Å². The molecule has 1 aliphatic rings. The predicted molar refractivity (Wildman–Crippen MR) is 82.6 cm³/mol. The second-order valence-electron chi connectivity index (χ2n) is 5.30. The summed E-state index contributed by atoms with van der Waals surface area (Å²) in [5, 5.41) is 6.21. The molecule has 1 amide bonds. The van der Waals surface area contributed by atoms with Crippen LogP contribution in [0.15, 0.2) is 23.3 Å². The maximum atomic E-state index is 13.6. The van der Waals surface area contributed by atoms with Gasteiger partial charge in [0.25, 0.3) is 5.91 Å². The number of ether oxygens (including phenoxy) is 1. The van der Waals surface area contributed by atoms with E-state index in [1.807, 2.05) is 5.43 Å². The van der Waals surface area contributed by atoms with Crippen LogP contribution in [0.2, 0.25) is 0 Å². The highest BCUT2D eigenvalue weighted by atomic mass is 19.2. The lowest BCUT2D eigenvalue weighted by molar-refractivity contribution is -0.118. The minimum atomic E-state index is -2.25. The van der Waals surface area contributed by atoms with Crippen LogP contribution in [0.3, 0.4) is 0 Å². The number of carbonyl (C=O) groups excluding carboxylic acids is 1. The Bertz CT molecular complexity index is 917. The second-order valence-corrected chi connectivity index (χ2v) is 5.30. The lowest BCUT2D eigenvalue weighted by Crippen LogP contribution is -2.25. The molecule has 0 radical (unpaired) electrons. The molecule has 5 nitrogen and oxygen atoms in total. The highest BCUT2D eigenvalue weighted by Crippen LogP contribution is 2.29. The van der Waals surface area contributed by atoms with Gasteiger partial charge in [-0.1, -0.05) is 0 Å². The molecule has 0 saturated carbocycles. The smallest absolute Gasteiger partial charge is 0.262 e. The van der Waals surface area contributed by atoms with E-state index in [1.54, 1.807) is 12.1 Å². The van der Waals surface area contributed by atoms with Gasteiger partial charge in [-0.15, -0.1) is 0 Å². The Balaban J connectivity index is 1.90. The van der Waals surface area contributed by atoms with Crippen molar-refractivity contribution < 1.29 is 31.5 Å². The predicted octanol–water partition coefficient (Wildman–Crippen LogP) is 3.55. The topological polar surface area (TPSA) is 62.7 Å².